The molecule has 0 heterocycles. The number of hydrogen-bond acceptors (Lipinski definition) is 4. The van der Waals surface area contributed by atoms with Gasteiger partial charge in [-0.25, -0.2) is 0 Å². The van der Waals surface area contributed by atoms with Crippen molar-refractivity contribution < 1.29 is 19.1 Å². The minimum Gasteiger partial charge on any atom is -0.466 e. The van der Waals surface area contributed by atoms with Crippen LogP contribution in [0.2, 0.25) is 0 Å². The minimum absolute atomic E-state index is 0. The molecular weight excluding hydrogens is 231 g/mol. The Hall–Kier alpha value is -0.0600. The first-order valence-electron chi connectivity index (χ1n) is 6.02. The van der Waals surface area contributed by atoms with E-state index in [0.29, 0.717) is 13.2 Å². The van der Waals surface area contributed by atoms with E-state index in [2.05, 4.69) is 6.92 Å². The molecule has 0 aliphatic rings. The quantitative estimate of drug-likeness (QED) is 0.358. The number of esters is 2. The fourth-order valence-electron chi connectivity index (χ4n) is 1.22. The zero-order chi connectivity index (χ0) is 12.2. The number of hydrogen-bond donors (Lipinski definition) is 0. The second-order valence-corrected chi connectivity index (χ2v) is 3.59. The zero-order valence-corrected chi connectivity index (χ0v) is 13.3. The Morgan fingerprint density at radius 1 is 0.882 bits per heavy atom. The standard InChI is InChI=1S/C12H22O4.Na/c1-3-5-6-7-10-16-12(14)9-8-11(13)15-4-2;/h3-10H2,1-2H3;. The van der Waals surface area contributed by atoms with Crippen molar-refractivity contribution in [1.82, 2.24) is 0 Å². The summed E-state index contributed by atoms with van der Waals surface area (Å²) in [5.74, 6) is -0.657. The summed E-state index contributed by atoms with van der Waals surface area (Å²) >= 11 is 0. The first-order valence-corrected chi connectivity index (χ1v) is 6.02. The van der Waals surface area contributed by atoms with E-state index in [9.17, 15) is 9.59 Å². The first-order chi connectivity index (χ1) is 7.70. The molecular formula is C12H22NaO4. The van der Waals surface area contributed by atoms with Gasteiger partial charge in [0.2, 0.25) is 0 Å². The molecule has 0 atom stereocenters. The van der Waals surface area contributed by atoms with Gasteiger partial charge in [-0.15, -0.1) is 0 Å². The second-order valence-electron chi connectivity index (χ2n) is 3.59. The summed E-state index contributed by atoms with van der Waals surface area (Å²) in [6.45, 7) is 4.68. The van der Waals surface area contributed by atoms with Crippen molar-refractivity contribution in [2.24, 2.45) is 0 Å². The van der Waals surface area contributed by atoms with Gasteiger partial charge < -0.3 is 9.47 Å². The number of carbonyl (C=O) groups excluding carboxylic acids is 2. The molecule has 0 N–H and O–H groups in total. The summed E-state index contributed by atoms with van der Waals surface area (Å²) in [5, 5.41) is 0. The number of ether oxygens (including phenoxy) is 2. The van der Waals surface area contributed by atoms with Gasteiger partial charge in [-0.3, -0.25) is 9.59 Å². The molecule has 0 amide bonds. The van der Waals surface area contributed by atoms with E-state index >= 15 is 0 Å². The van der Waals surface area contributed by atoms with Gasteiger partial charge in [0.05, 0.1) is 26.1 Å². The molecule has 0 saturated heterocycles. The van der Waals surface area contributed by atoms with E-state index in [0.717, 1.165) is 19.3 Å². The van der Waals surface area contributed by atoms with Gasteiger partial charge in [0.15, 0.2) is 0 Å². The molecule has 0 aliphatic heterocycles. The second kappa shape index (κ2) is 14.0. The van der Waals surface area contributed by atoms with Crippen LogP contribution in [0.3, 0.4) is 0 Å². The van der Waals surface area contributed by atoms with E-state index in [4.69, 9.17) is 9.47 Å². The van der Waals surface area contributed by atoms with Crippen LogP contribution in [0.25, 0.3) is 0 Å². The Morgan fingerprint density at radius 2 is 1.47 bits per heavy atom. The van der Waals surface area contributed by atoms with Crippen molar-refractivity contribution in [3.8, 4) is 0 Å². The van der Waals surface area contributed by atoms with Crippen molar-refractivity contribution in [3.63, 3.8) is 0 Å². The number of unbranched alkanes of at least 4 members (excludes halogenated alkanes) is 3. The predicted octanol–water partition coefficient (Wildman–Crippen LogP) is 2.07. The molecule has 0 aliphatic carbocycles. The first kappa shape index (κ1) is 19.3. The summed E-state index contributed by atoms with van der Waals surface area (Å²) in [7, 11) is 0. The molecule has 95 valence electrons. The van der Waals surface area contributed by atoms with Crippen molar-refractivity contribution in [3.05, 3.63) is 0 Å². The molecule has 5 heteroatoms. The average Bonchev–Trinajstić information content (AvgIpc) is 2.26. The Balaban J connectivity index is 0. The average molecular weight is 253 g/mol. The summed E-state index contributed by atoms with van der Waals surface area (Å²) in [6.07, 6.45) is 4.55. The molecule has 0 bridgehead atoms. The van der Waals surface area contributed by atoms with Crippen LogP contribution in [-0.4, -0.2) is 54.7 Å². The van der Waals surface area contributed by atoms with Crippen LogP contribution in [0.15, 0.2) is 0 Å². The van der Waals surface area contributed by atoms with Gasteiger partial charge in [-0.1, -0.05) is 26.2 Å². The van der Waals surface area contributed by atoms with Crippen LogP contribution >= 0.6 is 0 Å². The van der Waals surface area contributed by atoms with Crippen molar-refractivity contribution in [1.29, 1.82) is 0 Å². The van der Waals surface area contributed by atoms with E-state index < -0.39 is 0 Å². The molecule has 1 radical (unpaired) electrons. The molecule has 0 saturated carbocycles. The maximum absolute atomic E-state index is 11.2. The van der Waals surface area contributed by atoms with Crippen molar-refractivity contribution in [2.45, 2.75) is 52.4 Å². The smallest absolute Gasteiger partial charge is 0.306 e. The van der Waals surface area contributed by atoms with Crippen molar-refractivity contribution in [2.75, 3.05) is 13.2 Å². The molecule has 0 spiro atoms. The summed E-state index contributed by atoms with van der Waals surface area (Å²) in [4.78, 5) is 22.1. The van der Waals surface area contributed by atoms with Gasteiger partial charge in [-0.05, 0) is 13.3 Å². The molecule has 0 rings (SSSR count). The Bertz CT molecular complexity index is 207. The molecule has 0 aromatic carbocycles. The third kappa shape index (κ3) is 13.9. The molecule has 17 heavy (non-hydrogen) atoms. The van der Waals surface area contributed by atoms with E-state index in [1.807, 2.05) is 0 Å². The third-order valence-corrected chi connectivity index (χ3v) is 2.10. The fourth-order valence-corrected chi connectivity index (χ4v) is 1.22. The maximum atomic E-state index is 11.2. The normalized spacial score (nSPS) is 9.29. The van der Waals surface area contributed by atoms with E-state index in [1.165, 1.54) is 6.42 Å². The van der Waals surface area contributed by atoms with Crippen LogP contribution in [0.5, 0.6) is 0 Å². The van der Waals surface area contributed by atoms with E-state index in [1.54, 1.807) is 6.92 Å². The third-order valence-electron chi connectivity index (χ3n) is 2.10. The number of carbonyl (C=O) groups is 2. The van der Waals surface area contributed by atoms with Gasteiger partial charge in [0, 0.05) is 29.6 Å². The Labute approximate surface area is 126 Å². The predicted molar refractivity (Wildman–Crippen MR) is 66.7 cm³/mol. The molecule has 0 aromatic heterocycles. The van der Waals surface area contributed by atoms with Crippen molar-refractivity contribution >= 4 is 41.5 Å². The van der Waals surface area contributed by atoms with Crippen LogP contribution in [0.1, 0.15) is 52.4 Å². The SMILES string of the molecule is CCCCCCOC(=O)CCC(=O)OCC.[Na]. The van der Waals surface area contributed by atoms with E-state index in [-0.39, 0.29) is 54.3 Å². The topological polar surface area (TPSA) is 52.6 Å². The fraction of sp³-hybridized carbons (Fsp3) is 0.833. The van der Waals surface area contributed by atoms with Gasteiger partial charge >= 0.3 is 11.9 Å². The molecule has 0 unspecified atom stereocenters. The maximum Gasteiger partial charge on any atom is 0.306 e. The Kier molecular flexibility index (Phi) is 15.9. The van der Waals surface area contributed by atoms with Gasteiger partial charge in [0.1, 0.15) is 0 Å². The zero-order valence-electron chi connectivity index (χ0n) is 11.3. The molecule has 0 fully saturated rings. The summed E-state index contributed by atoms with van der Waals surface area (Å²) in [5.41, 5.74) is 0. The monoisotopic (exact) mass is 253 g/mol. The summed E-state index contributed by atoms with van der Waals surface area (Å²) < 4.78 is 9.67. The number of rotatable bonds is 9. The van der Waals surface area contributed by atoms with Gasteiger partial charge in [-0.2, -0.15) is 0 Å². The van der Waals surface area contributed by atoms with Crippen LogP contribution in [-0.2, 0) is 19.1 Å². The molecule has 4 nitrogen and oxygen atoms in total. The van der Waals surface area contributed by atoms with Gasteiger partial charge in [0.25, 0.3) is 0 Å². The molecule has 0 aromatic rings. The largest absolute Gasteiger partial charge is 0.466 e. The van der Waals surface area contributed by atoms with Crippen LogP contribution in [0.4, 0.5) is 0 Å². The van der Waals surface area contributed by atoms with Crippen LogP contribution < -0.4 is 0 Å². The minimum atomic E-state index is -0.342. The van der Waals surface area contributed by atoms with Crippen LogP contribution in [0, 0.1) is 0 Å². The summed E-state index contributed by atoms with van der Waals surface area (Å²) in [6, 6.07) is 0. The Morgan fingerprint density at radius 3 is 2.00 bits per heavy atom.